The van der Waals surface area contributed by atoms with Crippen molar-refractivity contribution in [3.05, 3.63) is 68.3 Å². The monoisotopic (exact) mass is 522 g/mol. The predicted octanol–water partition coefficient (Wildman–Crippen LogP) is 0.213. The van der Waals surface area contributed by atoms with E-state index in [0.717, 1.165) is 15.3 Å². The molecule has 36 heavy (non-hydrogen) atoms. The standard InChI is InChI=1S/C21H22N4O10S/c1-11(35-36(30,31)32)17(34-20(28)15(33-4)9-12-5-7-13(26)8-6-12)14-10-22-18-16(23-14)19(27)25(3)21(29)24(18)2/h5-11,17,26H,1-4H3,(H,30,31,32)/b15-9-/t11-,17+/m0/s1. The van der Waals surface area contributed by atoms with Crippen molar-refractivity contribution < 1.29 is 36.5 Å². The smallest absolute Gasteiger partial charge is 0.397 e. The van der Waals surface area contributed by atoms with Crippen LogP contribution in [0.5, 0.6) is 5.75 Å². The lowest BCUT2D eigenvalue weighted by atomic mass is 10.1. The summed E-state index contributed by atoms with van der Waals surface area (Å²) in [7, 11) is -1.18. The fourth-order valence-electron chi connectivity index (χ4n) is 3.22. The van der Waals surface area contributed by atoms with Crippen LogP contribution in [0.25, 0.3) is 17.2 Å². The molecule has 3 rings (SSSR count). The van der Waals surface area contributed by atoms with Crippen molar-refractivity contribution in [2.75, 3.05) is 7.11 Å². The predicted molar refractivity (Wildman–Crippen MR) is 124 cm³/mol. The number of rotatable bonds is 8. The van der Waals surface area contributed by atoms with Crippen LogP contribution in [0.3, 0.4) is 0 Å². The highest BCUT2D eigenvalue weighted by molar-refractivity contribution is 7.80. The summed E-state index contributed by atoms with van der Waals surface area (Å²) >= 11 is 0. The molecule has 14 nitrogen and oxygen atoms in total. The Hall–Kier alpha value is -4.08. The average Bonchev–Trinajstić information content (AvgIpc) is 2.82. The van der Waals surface area contributed by atoms with Crippen molar-refractivity contribution >= 4 is 33.6 Å². The normalized spacial score (nSPS) is 13.9. The molecule has 0 radical (unpaired) electrons. The number of phenolic OH excluding ortho intramolecular Hbond substituents is 1. The van der Waals surface area contributed by atoms with Crippen LogP contribution in [-0.2, 0) is 42.9 Å². The van der Waals surface area contributed by atoms with Gasteiger partial charge in [0.15, 0.2) is 17.3 Å². The zero-order valence-electron chi connectivity index (χ0n) is 19.5. The molecule has 0 aliphatic heterocycles. The second-order valence-corrected chi connectivity index (χ2v) is 8.58. The molecule has 0 bridgehead atoms. The topological polar surface area (TPSA) is 189 Å². The Bertz CT molecular complexity index is 1560. The summed E-state index contributed by atoms with van der Waals surface area (Å²) < 4.78 is 48.7. The molecule has 0 saturated heterocycles. The number of carbonyl (C=O) groups is 1. The van der Waals surface area contributed by atoms with Crippen molar-refractivity contribution in [1.82, 2.24) is 19.1 Å². The van der Waals surface area contributed by atoms with E-state index in [9.17, 15) is 27.9 Å². The Kier molecular flexibility index (Phi) is 7.57. The summed E-state index contributed by atoms with van der Waals surface area (Å²) in [4.78, 5) is 45.8. The number of phenols is 1. The van der Waals surface area contributed by atoms with Crippen molar-refractivity contribution in [1.29, 1.82) is 0 Å². The third kappa shape index (κ3) is 5.76. The summed E-state index contributed by atoms with van der Waals surface area (Å²) in [6.07, 6.45) is -0.764. The van der Waals surface area contributed by atoms with Crippen LogP contribution in [0.1, 0.15) is 24.3 Å². The maximum absolute atomic E-state index is 12.9. The van der Waals surface area contributed by atoms with E-state index in [4.69, 9.17) is 14.0 Å². The molecule has 3 aromatic rings. The van der Waals surface area contributed by atoms with Gasteiger partial charge in [-0.1, -0.05) is 12.1 Å². The molecule has 0 amide bonds. The Morgan fingerprint density at radius 2 is 1.78 bits per heavy atom. The van der Waals surface area contributed by atoms with Gasteiger partial charge in [-0.2, -0.15) is 8.42 Å². The molecule has 0 spiro atoms. The maximum atomic E-state index is 12.9. The number of hydrogen-bond donors (Lipinski definition) is 2. The van der Waals surface area contributed by atoms with Crippen molar-refractivity contribution in [3.8, 4) is 5.75 Å². The molecule has 2 aromatic heterocycles. The summed E-state index contributed by atoms with van der Waals surface area (Å²) in [5.41, 5.74) is -1.50. The van der Waals surface area contributed by atoms with Gasteiger partial charge in [-0.15, -0.1) is 0 Å². The Balaban J connectivity index is 2.08. The highest BCUT2D eigenvalue weighted by atomic mass is 32.3. The summed E-state index contributed by atoms with van der Waals surface area (Å²) in [5.74, 6) is -1.38. The zero-order valence-corrected chi connectivity index (χ0v) is 20.3. The molecule has 15 heteroatoms. The number of aryl methyl sites for hydroxylation is 1. The molecule has 2 heterocycles. The van der Waals surface area contributed by atoms with Gasteiger partial charge in [0, 0.05) is 14.1 Å². The first kappa shape index (κ1) is 26.5. The first-order chi connectivity index (χ1) is 16.8. The van der Waals surface area contributed by atoms with E-state index in [0.29, 0.717) is 5.56 Å². The minimum atomic E-state index is -4.98. The summed E-state index contributed by atoms with van der Waals surface area (Å²) in [5, 5.41) is 9.42. The fraction of sp³-hybridized carbons (Fsp3) is 0.286. The molecule has 2 atom stereocenters. The van der Waals surface area contributed by atoms with Crippen molar-refractivity contribution in [3.63, 3.8) is 0 Å². The van der Waals surface area contributed by atoms with Gasteiger partial charge in [0.05, 0.1) is 13.3 Å². The van der Waals surface area contributed by atoms with Crippen LogP contribution < -0.4 is 11.2 Å². The minimum absolute atomic E-state index is 0.00321. The number of esters is 1. The molecule has 0 fully saturated rings. The number of benzene rings is 1. The van der Waals surface area contributed by atoms with Gasteiger partial charge in [0.25, 0.3) is 5.56 Å². The van der Waals surface area contributed by atoms with Gasteiger partial charge >= 0.3 is 22.1 Å². The van der Waals surface area contributed by atoms with Crippen molar-refractivity contribution in [2.45, 2.75) is 19.1 Å². The van der Waals surface area contributed by atoms with Crippen LogP contribution in [0, 0.1) is 0 Å². The van der Waals surface area contributed by atoms with Gasteiger partial charge in [-0.05, 0) is 30.7 Å². The fourth-order valence-corrected chi connectivity index (χ4v) is 3.70. The summed E-state index contributed by atoms with van der Waals surface area (Å²) in [6.45, 7) is 1.17. The van der Waals surface area contributed by atoms with Crippen LogP contribution >= 0.6 is 0 Å². The second-order valence-electron chi connectivity index (χ2n) is 7.53. The lowest BCUT2D eigenvalue weighted by molar-refractivity contribution is -0.153. The number of nitrogens with zero attached hydrogens (tertiary/aromatic N) is 4. The number of aromatic hydroxyl groups is 1. The Morgan fingerprint density at radius 3 is 2.36 bits per heavy atom. The highest BCUT2D eigenvalue weighted by Gasteiger charge is 2.32. The largest absolute Gasteiger partial charge is 0.508 e. The SMILES string of the molecule is CO/C(=C\c1ccc(O)cc1)C(=O)O[C@@H](c1cnc2c(n1)c(=O)n(C)c(=O)n2C)[C@H](C)OS(=O)(=O)O. The van der Waals surface area contributed by atoms with Gasteiger partial charge in [-0.25, -0.2) is 23.7 Å². The lowest BCUT2D eigenvalue weighted by Crippen LogP contribution is -2.38. The molecule has 1 aromatic carbocycles. The minimum Gasteiger partial charge on any atom is -0.508 e. The zero-order chi connectivity index (χ0) is 26.8. The Labute approximate surface area is 204 Å². The number of methoxy groups -OCH3 is 1. The number of ether oxygens (including phenoxy) is 2. The second kappa shape index (κ2) is 10.3. The first-order valence-electron chi connectivity index (χ1n) is 10.2. The number of hydrogen-bond acceptors (Lipinski definition) is 11. The summed E-state index contributed by atoms with van der Waals surface area (Å²) in [6, 6.07) is 5.76. The molecule has 0 aliphatic carbocycles. The van der Waals surface area contributed by atoms with Crippen LogP contribution in [-0.4, -0.2) is 56.4 Å². The molecule has 0 saturated carbocycles. The number of aromatic nitrogens is 4. The molecule has 192 valence electrons. The van der Waals surface area contributed by atoms with Gasteiger partial charge in [-0.3, -0.25) is 18.5 Å². The molecular weight excluding hydrogens is 500 g/mol. The van der Waals surface area contributed by atoms with E-state index in [1.807, 2.05) is 0 Å². The van der Waals surface area contributed by atoms with Gasteiger partial charge in [0.2, 0.25) is 5.76 Å². The third-order valence-electron chi connectivity index (χ3n) is 5.01. The maximum Gasteiger partial charge on any atom is 0.397 e. The third-order valence-corrected chi connectivity index (χ3v) is 5.55. The van der Waals surface area contributed by atoms with E-state index in [2.05, 4.69) is 14.2 Å². The molecular formula is C21H22N4O10S. The average molecular weight is 522 g/mol. The van der Waals surface area contributed by atoms with E-state index < -0.39 is 39.8 Å². The number of carbonyl (C=O) groups excluding carboxylic acids is 1. The number of fused-ring (bicyclic) bond motifs is 1. The van der Waals surface area contributed by atoms with Crippen LogP contribution in [0.4, 0.5) is 0 Å². The first-order valence-corrected chi connectivity index (χ1v) is 11.5. The molecule has 0 aliphatic rings. The Morgan fingerprint density at radius 1 is 1.14 bits per heavy atom. The van der Waals surface area contributed by atoms with E-state index >= 15 is 0 Å². The molecule has 0 unspecified atom stereocenters. The van der Waals surface area contributed by atoms with Crippen molar-refractivity contribution in [2.24, 2.45) is 14.1 Å². The van der Waals surface area contributed by atoms with E-state index in [-0.39, 0.29) is 28.4 Å². The van der Waals surface area contributed by atoms with Gasteiger partial charge in [0.1, 0.15) is 17.5 Å². The van der Waals surface area contributed by atoms with E-state index in [1.54, 1.807) is 0 Å². The van der Waals surface area contributed by atoms with Gasteiger partial charge < -0.3 is 14.6 Å². The quantitative estimate of drug-likeness (QED) is 0.177. The lowest BCUT2D eigenvalue weighted by Gasteiger charge is -2.23. The van der Waals surface area contributed by atoms with E-state index in [1.165, 1.54) is 58.5 Å². The highest BCUT2D eigenvalue weighted by Crippen LogP contribution is 2.25. The van der Waals surface area contributed by atoms with Crippen LogP contribution in [0.15, 0.2) is 45.8 Å². The molecule has 2 N–H and O–H groups in total. The van der Waals surface area contributed by atoms with Crippen LogP contribution in [0.2, 0.25) is 0 Å².